The average Bonchev–Trinajstić information content (AvgIpc) is 2.90. The molecule has 0 fully saturated rings. The van der Waals surface area contributed by atoms with Crippen molar-refractivity contribution in [2.75, 3.05) is 5.75 Å². The fourth-order valence-electron chi connectivity index (χ4n) is 1.87. The normalized spacial score (nSPS) is 13.2. The summed E-state index contributed by atoms with van der Waals surface area (Å²) in [7, 11) is -4.40. The second-order valence-corrected chi connectivity index (χ2v) is 6.25. The molecule has 0 spiro atoms. The summed E-state index contributed by atoms with van der Waals surface area (Å²) in [5.41, 5.74) is 0.405. The van der Waals surface area contributed by atoms with Crippen molar-refractivity contribution in [1.82, 2.24) is 15.9 Å². The van der Waals surface area contributed by atoms with Crippen LogP contribution in [0.25, 0.3) is 0 Å². The molecule has 1 heterocycles. The van der Waals surface area contributed by atoms with Crippen LogP contribution in [-0.2, 0) is 16.5 Å². The van der Waals surface area contributed by atoms with Crippen molar-refractivity contribution in [3.63, 3.8) is 0 Å². The lowest BCUT2D eigenvalue weighted by atomic mass is 10.0. The highest BCUT2D eigenvalue weighted by Gasteiger charge is 2.43. The Hall–Kier alpha value is -2.07. The van der Waals surface area contributed by atoms with E-state index in [1.807, 2.05) is 0 Å². The fraction of sp³-hybridized carbons (Fsp3) is 0.308. The summed E-state index contributed by atoms with van der Waals surface area (Å²) in [6.45, 7) is 0. The second-order valence-electron chi connectivity index (χ2n) is 4.65. The minimum atomic E-state index is -4.65. The van der Waals surface area contributed by atoms with Crippen LogP contribution < -0.4 is 10.4 Å². The molecule has 0 aliphatic heterocycles. The van der Waals surface area contributed by atoms with Gasteiger partial charge < -0.3 is 6.15 Å². The summed E-state index contributed by atoms with van der Waals surface area (Å²) < 4.78 is 68.0. The van der Waals surface area contributed by atoms with Gasteiger partial charge in [0, 0.05) is 6.20 Å². The summed E-state index contributed by atoms with van der Waals surface area (Å²) in [5, 5.41) is 0. The van der Waals surface area contributed by atoms with Crippen LogP contribution >= 0.6 is 0 Å². The molecule has 2 rings (SSSR count). The topological polar surface area (TPSA) is 96.2 Å². The zero-order valence-electron chi connectivity index (χ0n) is 12.0. The minimum absolute atomic E-state index is 0. The van der Waals surface area contributed by atoms with Gasteiger partial charge in [0.05, 0.1) is 17.9 Å². The van der Waals surface area contributed by atoms with Crippen LogP contribution in [0.1, 0.15) is 5.56 Å². The third-order valence-corrected chi connectivity index (χ3v) is 4.08. The van der Waals surface area contributed by atoms with Gasteiger partial charge in [0.25, 0.3) is 0 Å². The van der Waals surface area contributed by atoms with E-state index in [0.717, 1.165) is 11.1 Å². The number of imidazole rings is 1. The van der Waals surface area contributed by atoms with Gasteiger partial charge in [0.15, 0.2) is 0 Å². The largest absolute Gasteiger partial charge is 0.393 e. The van der Waals surface area contributed by atoms with E-state index >= 15 is 0 Å². The highest BCUT2D eigenvalue weighted by molar-refractivity contribution is 7.86. The standard InChI is InChI=1S/C13H13F3N2O3S.H3N/c14-13(15,16)12(8-11-4-2-1-3-5-11)9-22(19,20)21-18-7-6-17-10-18;/h1-7,10,12H,8-9H2;1H3. The first-order valence-corrected chi connectivity index (χ1v) is 7.85. The van der Waals surface area contributed by atoms with E-state index in [9.17, 15) is 21.6 Å². The van der Waals surface area contributed by atoms with E-state index in [1.54, 1.807) is 18.2 Å². The Bertz CT molecular complexity index is 688. The van der Waals surface area contributed by atoms with Crippen molar-refractivity contribution in [3.05, 3.63) is 54.6 Å². The van der Waals surface area contributed by atoms with Crippen molar-refractivity contribution in [2.45, 2.75) is 12.6 Å². The average molecular weight is 351 g/mol. The smallest absolute Gasteiger partial charge is 0.344 e. The Morgan fingerprint density at radius 2 is 1.87 bits per heavy atom. The van der Waals surface area contributed by atoms with Crippen LogP contribution in [0.15, 0.2) is 49.1 Å². The third kappa shape index (κ3) is 5.91. The number of alkyl halides is 3. The lowest BCUT2D eigenvalue weighted by Gasteiger charge is -2.20. The Morgan fingerprint density at radius 3 is 2.39 bits per heavy atom. The molecule has 128 valence electrons. The molecule has 1 unspecified atom stereocenters. The van der Waals surface area contributed by atoms with Gasteiger partial charge in [0.1, 0.15) is 6.33 Å². The van der Waals surface area contributed by atoms with Crippen molar-refractivity contribution >= 4 is 10.1 Å². The van der Waals surface area contributed by atoms with Gasteiger partial charge in [-0.25, -0.2) is 4.98 Å². The van der Waals surface area contributed by atoms with Crippen molar-refractivity contribution in [2.24, 2.45) is 5.92 Å². The summed E-state index contributed by atoms with van der Waals surface area (Å²) >= 11 is 0. The number of benzene rings is 1. The molecule has 0 aliphatic carbocycles. The lowest BCUT2D eigenvalue weighted by molar-refractivity contribution is -0.168. The van der Waals surface area contributed by atoms with Crippen LogP contribution in [0.4, 0.5) is 13.2 Å². The molecular weight excluding hydrogens is 335 g/mol. The molecule has 1 aromatic carbocycles. The molecule has 0 radical (unpaired) electrons. The van der Waals surface area contributed by atoms with Crippen molar-refractivity contribution in [1.29, 1.82) is 0 Å². The summed E-state index contributed by atoms with van der Waals surface area (Å²) in [6, 6.07) is 7.90. The zero-order valence-corrected chi connectivity index (χ0v) is 12.8. The predicted octanol–water partition coefficient (Wildman–Crippen LogP) is 2.22. The number of hydrogen-bond donors (Lipinski definition) is 1. The molecule has 0 saturated carbocycles. The van der Waals surface area contributed by atoms with Gasteiger partial charge in [-0.15, -0.1) is 0 Å². The summed E-state index contributed by atoms with van der Waals surface area (Å²) in [5.74, 6) is -3.22. The van der Waals surface area contributed by atoms with Crippen molar-refractivity contribution in [3.8, 4) is 0 Å². The maximum Gasteiger partial charge on any atom is 0.393 e. The van der Waals surface area contributed by atoms with Gasteiger partial charge in [-0.05, 0) is 12.0 Å². The lowest BCUT2D eigenvalue weighted by Crippen LogP contribution is -2.35. The molecule has 6 nitrogen and oxygen atoms in total. The van der Waals surface area contributed by atoms with E-state index < -0.39 is 34.4 Å². The fourth-order valence-corrected chi connectivity index (χ4v) is 3.08. The molecule has 0 bridgehead atoms. The van der Waals surface area contributed by atoms with Gasteiger partial charge >= 0.3 is 16.3 Å². The minimum Gasteiger partial charge on any atom is -0.344 e. The first-order valence-electron chi connectivity index (χ1n) is 6.27. The maximum absolute atomic E-state index is 13.1. The van der Waals surface area contributed by atoms with E-state index in [1.165, 1.54) is 24.5 Å². The van der Waals surface area contributed by atoms with E-state index in [-0.39, 0.29) is 6.15 Å². The van der Waals surface area contributed by atoms with Crippen LogP contribution in [0, 0.1) is 5.92 Å². The van der Waals surface area contributed by atoms with Crippen molar-refractivity contribution < 1.29 is 25.9 Å². The SMILES string of the molecule is N.O=S(=O)(CC(Cc1ccccc1)C(F)(F)F)On1ccnc1. The number of halogens is 3. The van der Waals surface area contributed by atoms with E-state index in [2.05, 4.69) is 9.27 Å². The summed E-state index contributed by atoms with van der Waals surface area (Å²) in [6.07, 6.45) is -1.62. The Balaban J connectivity index is 0.00000264. The van der Waals surface area contributed by atoms with E-state index in [0.29, 0.717) is 5.56 Å². The van der Waals surface area contributed by atoms with Crippen LogP contribution in [0.3, 0.4) is 0 Å². The number of rotatable bonds is 6. The van der Waals surface area contributed by atoms with Gasteiger partial charge in [-0.2, -0.15) is 26.3 Å². The Labute approximate surface area is 131 Å². The van der Waals surface area contributed by atoms with Crippen LogP contribution in [0.5, 0.6) is 0 Å². The van der Waals surface area contributed by atoms with Crippen LogP contribution in [0.2, 0.25) is 0 Å². The molecule has 10 heteroatoms. The number of aromatic nitrogens is 2. The molecule has 2 aromatic rings. The second kappa shape index (κ2) is 7.47. The molecule has 0 saturated heterocycles. The quantitative estimate of drug-likeness (QED) is 0.861. The van der Waals surface area contributed by atoms with Gasteiger partial charge in [-0.3, -0.25) is 4.28 Å². The van der Waals surface area contributed by atoms with Crippen LogP contribution in [-0.4, -0.2) is 30.1 Å². The molecular formula is C13H16F3N3O3S. The monoisotopic (exact) mass is 351 g/mol. The number of nitrogens with zero attached hydrogens (tertiary/aromatic N) is 2. The Kier molecular flexibility index (Phi) is 6.16. The highest BCUT2D eigenvalue weighted by atomic mass is 32.2. The Morgan fingerprint density at radius 1 is 1.22 bits per heavy atom. The summed E-state index contributed by atoms with van der Waals surface area (Å²) in [4.78, 5) is 3.55. The first kappa shape index (κ1) is 19.0. The molecule has 1 aromatic heterocycles. The highest BCUT2D eigenvalue weighted by Crippen LogP contribution is 2.30. The third-order valence-electron chi connectivity index (χ3n) is 2.87. The molecule has 1 atom stereocenters. The maximum atomic E-state index is 13.1. The first-order chi connectivity index (χ1) is 10.3. The molecule has 3 N–H and O–H groups in total. The molecule has 23 heavy (non-hydrogen) atoms. The zero-order chi connectivity index (χ0) is 16.2. The van der Waals surface area contributed by atoms with E-state index in [4.69, 9.17) is 0 Å². The van der Waals surface area contributed by atoms with Gasteiger partial charge in [0.2, 0.25) is 0 Å². The number of hydrogen-bond acceptors (Lipinski definition) is 5. The molecule has 0 aliphatic rings. The molecule has 0 amide bonds. The predicted molar refractivity (Wildman–Crippen MR) is 77.3 cm³/mol. The van der Waals surface area contributed by atoms with Gasteiger partial charge in [-0.1, -0.05) is 30.3 Å².